The molecule has 4 aliphatic rings. The van der Waals surface area contributed by atoms with Gasteiger partial charge in [-0.3, -0.25) is 0 Å². The minimum Gasteiger partial charge on any atom is -0.394 e. The van der Waals surface area contributed by atoms with E-state index in [4.69, 9.17) is 0 Å². The summed E-state index contributed by atoms with van der Waals surface area (Å²) in [6, 6.07) is 0. The van der Waals surface area contributed by atoms with Crippen LogP contribution in [-0.4, -0.2) is 22.9 Å². The van der Waals surface area contributed by atoms with E-state index >= 15 is 0 Å². The molecule has 0 aromatic rings. The Balaban J connectivity index is 1.60. The number of fused-ring (bicyclic) bond motifs is 5. The Hall–Kier alpha value is -0.0800. The van der Waals surface area contributed by atoms with Crippen LogP contribution in [0.15, 0.2) is 0 Å². The summed E-state index contributed by atoms with van der Waals surface area (Å²) in [5, 5.41) is 19.8. The molecule has 0 heterocycles. The zero-order chi connectivity index (χ0) is 16.2. The van der Waals surface area contributed by atoms with Gasteiger partial charge in [-0.1, -0.05) is 26.7 Å². The Morgan fingerprint density at radius 2 is 1.65 bits per heavy atom. The molecule has 4 rings (SSSR count). The molecule has 2 N–H and O–H groups in total. The van der Waals surface area contributed by atoms with Gasteiger partial charge in [-0.2, -0.15) is 0 Å². The molecule has 2 heteroatoms. The summed E-state index contributed by atoms with van der Waals surface area (Å²) in [5.74, 6) is 3.94. The molecule has 0 aromatic carbocycles. The number of rotatable bonds is 2. The van der Waals surface area contributed by atoms with E-state index in [1.165, 1.54) is 57.8 Å². The summed E-state index contributed by atoms with van der Waals surface area (Å²) >= 11 is 0. The largest absolute Gasteiger partial charge is 0.394 e. The summed E-state index contributed by atoms with van der Waals surface area (Å²) < 4.78 is 0. The standard InChI is InChI=1S/C21H36O2/c1-20-11-4-3-5-14(20)6-7-15-16-8-9-18(19(23)13-22)21(16,2)12-10-17(15)20/h14-19,22-23H,3-13H2,1-2H3/t14-,15+,16+,17+,18-,19+,20+,21+/m1/s1. The number of hydrogen-bond donors (Lipinski definition) is 2. The van der Waals surface area contributed by atoms with Gasteiger partial charge < -0.3 is 10.2 Å². The van der Waals surface area contributed by atoms with Gasteiger partial charge in [0.05, 0.1) is 12.7 Å². The number of aliphatic hydroxyl groups is 2. The lowest BCUT2D eigenvalue weighted by atomic mass is 9.45. The number of aliphatic hydroxyl groups excluding tert-OH is 2. The fourth-order valence-corrected chi connectivity index (χ4v) is 8.10. The first-order valence-corrected chi connectivity index (χ1v) is 10.3. The maximum absolute atomic E-state index is 10.3. The van der Waals surface area contributed by atoms with E-state index in [1.807, 2.05) is 0 Å². The first-order valence-electron chi connectivity index (χ1n) is 10.3. The van der Waals surface area contributed by atoms with Gasteiger partial charge in [0.1, 0.15) is 0 Å². The maximum Gasteiger partial charge on any atom is 0.0804 e. The monoisotopic (exact) mass is 320 g/mol. The Morgan fingerprint density at radius 1 is 0.870 bits per heavy atom. The number of hydrogen-bond acceptors (Lipinski definition) is 2. The smallest absolute Gasteiger partial charge is 0.0804 e. The quantitative estimate of drug-likeness (QED) is 0.792. The molecular formula is C21H36O2. The molecule has 0 amide bonds. The molecule has 0 aromatic heterocycles. The van der Waals surface area contributed by atoms with Crippen LogP contribution in [0, 0.1) is 40.4 Å². The van der Waals surface area contributed by atoms with E-state index in [0.29, 0.717) is 11.3 Å². The normalized spacial score (nSPS) is 54.0. The molecule has 4 fully saturated rings. The average molecular weight is 321 g/mol. The van der Waals surface area contributed by atoms with Crippen molar-refractivity contribution in [2.24, 2.45) is 40.4 Å². The lowest BCUT2D eigenvalue weighted by Crippen LogP contribution is -2.53. The molecule has 23 heavy (non-hydrogen) atoms. The maximum atomic E-state index is 10.3. The van der Waals surface area contributed by atoms with Crippen LogP contribution in [-0.2, 0) is 0 Å². The lowest BCUT2D eigenvalue weighted by molar-refractivity contribution is -0.122. The van der Waals surface area contributed by atoms with E-state index in [-0.39, 0.29) is 12.0 Å². The topological polar surface area (TPSA) is 40.5 Å². The summed E-state index contributed by atoms with van der Waals surface area (Å²) in [6.07, 6.45) is 13.3. The van der Waals surface area contributed by atoms with Gasteiger partial charge in [0.25, 0.3) is 0 Å². The molecule has 2 nitrogen and oxygen atoms in total. The fourth-order valence-electron chi connectivity index (χ4n) is 8.10. The van der Waals surface area contributed by atoms with Gasteiger partial charge in [0, 0.05) is 0 Å². The van der Waals surface area contributed by atoms with E-state index in [2.05, 4.69) is 13.8 Å². The molecule has 4 aliphatic carbocycles. The fraction of sp³-hybridized carbons (Fsp3) is 1.00. The first-order chi connectivity index (χ1) is 11.0. The van der Waals surface area contributed by atoms with Gasteiger partial charge >= 0.3 is 0 Å². The lowest BCUT2D eigenvalue weighted by Gasteiger charge is -2.60. The Bertz CT molecular complexity index is 449. The van der Waals surface area contributed by atoms with Crippen molar-refractivity contribution in [2.45, 2.75) is 84.2 Å². The summed E-state index contributed by atoms with van der Waals surface area (Å²) in [6.45, 7) is 5.02. The molecule has 0 radical (unpaired) electrons. The summed E-state index contributed by atoms with van der Waals surface area (Å²) in [5.41, 5.74) is 0.886. The summed E-state index contributed by atoms with van der Waals surface area (Å²) in [4.78, 5) is 0. The zero-order valence-corrected chi connectivity index (χ0v) is 15.1. The molecule has 0 spiro atoms. The van der Waals surface area contributed by atoms with Gasteiger partial charge in [-0.05, 0) is 91.8 Å². The third kappa shape index (κ3) is 2.27. The molecule has 8 atom stereocenters. The van der Waals surface area contributed by atoms with Crippen LogP contribution in [0.4, 0.5) is 0 Å². The van der Waals surface area contributed by atoms with Crippen LogP contribution in [0.3, 0.4) is 0 Å². The molecule has 132 valence electrons. The Labute approximate surface area is 142 Å². The molecule has 0 saturated heterocycles. The van der Waals surface area contributed by atoms with Crippen LogP contribution < -0.4 is 0 Å². The minimum absolute atomic E-state index is 0.0547. The minimum atomic E-state index is -0.497. The second-order valence-corrected chi connectivity index (χ2v) is 9.88. The van der Waals surface area contributed by atoms with Crippen molar-refractivity contribution in [1.82, 2.24) is 0 Å². The van der Waals surface area contributed by atoms with Crippen LogP contribution >= 0.6 is 0 Å². The Kier molecular flexibility index (Phi) is 4.08. The highest BCUT2D eigenvalue weighted by Gasteiger charge is 2.60. The second-order valence-electron chi connectivity index (χ2n) is 9.88. The van der Waals surface area contributed by atoms with Crippen molar-refractivity contribution in [3.8, 4) is 0 Å². The van der Waals surface area contributed by atoms with E-state index in [1.54, 1.807) is 0 Å². The molecule has 0 bridgehead atoms. The predicted octanol–water partition coefficient (Wildman–Crippen LogP) is 4.39. The SMILES string of the molecule is C[C@]12CCCC[C@@H]1CC[C@@H]1[C@@H]2CC[C@]2(C)[C@@H]([C@@H](O)CO)CC[C@@H]12. The van der Waals surface area contributed by atoms with Crippen molar-refractivity contribution in [1.29, 1.82) is 0 Å². The first kappa shape index (κ1) is 16.4. The molecule has 0 unspecified atom stereocenters. The zero-order valence-electron chi connectivity index (χ0n) is 15.1. The van der Waals surface area contributed by atoms with E-state index in [0.717, 1.165) is 30.1 Å². The summed E-state index contributed by atoms with van der Waals surface area (Å²) in [7, 11) is 0. The third-order valence-corrected chi connectivity index (χ3v) is 9.31. The van der Waals surface area contributed by atoms with Gasteiger partial charge in [-0.15, -0.1) is 0 Å². The third-order valence-electron chi connectivity index (χ3n) is 9.31. The van der Waals surface area contributed by atoms with Crippen LogP contribution in [0.1, 0.15) is 78.1 Å². The van der Waals surface area contributed by atoms with Gasteiger partial charge in [-0.25, -0.2) is 0 Å². The highest BCUT2D eigenvalue weighted by Crippen LogP contribution is 2.67. The van der Waals surface area contributed by atoms with E-state index in [9.17, 15) is 10.2 Å². The average Bonchev–Trinajstić information content (AvgIpc) is 2.91. The van der Waals surface area contributed by atoms with E-state index < -0.39 is 6.10 Å². The van der Waals surface area contributed by atoms with Crippen molar-refractivity contribution < 1.29 is 10.2 Å². The van der Waals surface area contributed by atoms with Gasteiger partial charge in [0.15, 0.2) is 0 Å². The van der Waals surface area contributed by atoms with Crippen molar-refractivity contribution >= 4 is 0 Å². The highest BCUT2D eigenvalue weighted by atomic mass is 16.3. The molecule has 4 saturated carbocycles. The van der Waals surface area contributed by atoms with Crippen molar-refractivity contribution in [3.05, 3.63) is 0 Å². The van der Waals surface area contributed by atoms with Gasteiger partial charge in [0.2, 0.25) is 0 Å². The Morgan fingerprint density at radius 3 is 2.43 bits per heavy atom. The molecular weight excluding hydrogens is 284 g/mol. The van der Waals surface area contributed by atoms with Crippen LogP contribution in [0.5, 0.6) is 0 Å². The van der Waals surface area contributed by atoms with Crippen molar-refractivity contribution in [2.75, 3.05) is 6.61 Å². The second kappa shape index (κ2) is 5.73. The van der Waals surface area contributed by atoms with Crippen molar-refractivity contribution in [3.63, 3.8) is 0 Å². The highest BCUT2D eigenvalue weighted by molar-refractivity contribution is 5.09. The van der Waals surface area contributed by atoms with Crippen LogP contribution in [0.25, 0.3) is 0 Å². The molecule has 0 aliphatic heterocycles. The van der Waals surface area contributed by atoms with Crippen LogP contribution in [0.2, 0.25) is 0 Å². The predicted molar refractivity (Wildman–Crippen MR) is 92.9 cm³/mol.